The zero-order chi connectivity index (χ0) is 25.5. The highest BCUT2D eigenvalue weighted by Gasteiger charge is 2.76. The van der Waals surface area contributed by atoms with Gasteiger partial charge in [0.05, 0.1) is 21.0 Å². The Labute approximate surface area is 220 Å². The molecule has 4 nitrogen and oxygen atoms in total. The molecule has 1 N–H and O–H groups in total. The van der Waals surface area contributed by atoms with E-state index in [-0.39, 0.29) is 22.2 Å². The lowest BCUT2D eigenvalue weighted by Crippen LogP contribution is -2.27. The maximum Gasteiger partial charge on any atom is 0.259 e. The Balaban J connectivity index is 1.55. The number of nitrogens with zero attached hydrogens (tertiary/aromatic N) is 1. The predicted molar refractivity (Wildman–Crippen MR) is 136 cm³/mol. The first-order valence-corrected chi connectivity index (χ1v) is 11.9. The van der Waals surface area contributed by atoms with E-state index >= 15 is 0 Å². The molecule has 2 unspecified atom stereocenters. The normalized spacial score (nSPS) is 20.3. The predicted octanol–water partition coefficient (Wildman–Crippen LogP) is 7.12. The van der Waals surface area contributed by atoms with Gasteiger partial charge in [-0.2, -0.15) is 0 Å². The van der Waals surface area contributed by atoms with Gasteiger partial charge in [-0.1, -0.05) is 52.5 Å². The molecule has 1 fully saturated rings. The van der Waals surface area contributed by atoms with E-state index in [0.29, 0.717) is 23.2 Å². The SMILES string of the molecule is CN(C(=O)c1cc(NCC2(C=O)C(c3ccc(Cl)c(F)c3)C2(Cl)Cl)ccc1Cl)c1ccc(F)cc1. The second-order valence-corrected chi connectivity index (χ2v) is 10.5. The van der Waals surface area contributed by atoms with Crippen molar-refractivity contribution in [1.29, 1.82) is 0 Å². The summed E-state index contributed by atoms with van der Waals surface area (Å²) in [7, 11) is 1.54. The van der Waals surface area contributed by atoms with Crippen molar-refractivity contribution in [1.82, 2.24) is 0 Å². The van der Waals surface area contributed by atoms with E-state index in [2.05, 4.69) is 5.32 Å². The largest absolute Gasteiger partial charge is 0.384 e. The average Bonchev–Trinajstić information content (AvgIpc) is 3.34. The van der Waals surface area contributed by atoms with Crippen LogP contribution in [0.4, 0.5) is 20.2 Å². The Kier molecular flexibility index (Phi) is 7.04. The molecule has 1 aliphatic rings. The Morgan fingerprint density at radius 1 is 1.03 bits per heavy atom. The van der Waals surface area contributed by atoms with Crippen LogP contribution >= 0.6 is 46.4 Å². The van der Waals surface area contributed by atoms with Crippen molar-refractivity contribution in [3.05, 3.63) is 93.5 Å². The van der Waals surface area contributed by atoms with Gasteiger partial charge in [0.1, 0.15) is 22.3 Å². The number of halogens is 6. The smallest absolute Gasteiger partial charge is 0.259 e. The molecule has 10 heteroatoms. The molecule has 0 aromatic heterocycles. The van der Waals surface area contributed by atoms with E-state index in [4.69, 9.17) is 46.4 Å². The number of nitrogens with one attached hydrogen (secondary N) is 1. The first kappa shape index (κ1) is 25.7. The van der Waals surface area contributed by atoms with Crippen LogP contribution in [-0.4, -0.2) is 30.1 Å². The van der Waals surface area contributed by atoms with Crippen LogP contribution in [0, 0.1) is 17.0 Å². The second kappa shape index (κ2) is 9.58. The van der Waals surface area contributed by atoms with Crippen LogP contribution in [0.3, 0.4) is 0 Å². The van der Waals surface area contributed by atoms with Gasteiger partial charge in [-0.05, 0) is 60.2 Å². The Morgan fingerprint density at radius 2 is 1.69 bits per heavy atom. The van der Waals surface area contributed by atoms with Crippen molar-refractivity contribution in [3.63, 3.8) is 0 Å². The molecule has 0 saturated heterocycles. The van der Waals surface area contributed by atoms with Gasteiger partial charge in [0, 0.05) is 30.9 Å². The van der Waals surface area contributed by atoms with Crippen molar-refractivity contribution in [2.75, 3.05) is 23.8 Å². The standard InChI is InChI=1S/C25H18Cl4F2N2O2/c1-33(17-6-3-15(30)4-7-17)23(35)18-11-16(5-9-19(18)26)32-12-24(13-34)22(25(24,28)29)14-2-8-20(27)21(31)10-14/h2-11,13,22,32H,12H2,1H3. The quantitative estimate of drug-likeness (QED) is 0.248. The van der Waals surface area contributed by atoms with Crippen molar-refractivity contribution < 1.29 is 18.4 Å². The van der Waals surface area contributed by atoms with E-state index in [9.17, 15) is 18.4 Å². The van der Waals surface area contributed by atoms with Crippen molar-refractivity contribution >= 4 is 70.0 Å². The molecule has 35 heavy (non-hydrogen) atoms. The fraction of sp³-hybridized carbons (Fsp3) is 0.200. The lowest BCUT2D eigenvalue weighted by atomic mass is 10.00. The third-order valence-corrected chi connectivity index (χ3v) is 7.98. The first-order chi connectivity index (χ1) is 16.5. The van der Waals surface area contributed by atoms with E-state index < -0.39 is 33.2 Å². The number of anilines is 2. The van der Waals surface area contributed by atoms with Crippen LogP contribution in [0.1, 0.15) is 21.8 Å². The van der Waals surface area contributed by atoms with Gasteiger partial charge in [0.25, 0.3) is 5.91 Å². The zero-order valence-corrected chi connectivity index (χ0v) is 21.2. The number of benzene rings is 3. The molecule has 1 saturated carbocycles. The van der Waals surface area contributed by atoms with Gasteiger partial charge in [-0.25, -0.2) is 8.78 Å². The Hall–Kier alpha value is -2.38. The summed E-state index contributed by atoms with van der Waals surface area (Å²) >= 11 is 25.0. The number of hydrogen-bond acceptors (Lipinski definition) is 3. The molecule has 3 aromatic carbocycles. The molecule has 3 aromatic rings. The number of alkyl halides is 2. The van der Waals surface area contributed by atoms with Gasteiger partial charge >= 0.3 is 0 Å². The third-order valence-electron chi connectivity index (χ3n) is 6.20. The van der Waals surface area contributed by atoms with Crippen LogP contribution in [0.25, 0.3) is 0 Å². The fourth-order valence-electron chi connectivity index (χ4n) is 4.09. The Morgan fingerprint density at radius 3 is 2.31 bits per heavy atom. The number of carbonyl (C=O) groups is 2. The monoisotopic (exact) mass is 556 g/mol. The van der Waals surface area contributed by atoms with Crippen LogP contribution in [0.15, 0.2) is 60.7 Å². The summed E-state index contributed by atoms with van der Waals surface area (Å²) in [5.74, 6) is -2.15. The molecule has 1 aliphatic carbocycles. The molecule has 0 heterocycles. The van der Waals surface area contributed by atoms with Gasteiger partial charge in [-0.3, -0.25) is 4.79 Å². The zero-order valence-electron chi connectivity index (χ0n) is 18.2. The Bertz CT molecular complexity index is 1300. The summed E-state index contributed by atoms with van der Waals surface area (Å²) in [6, 6.07) is 14.3. The number of amides is 1. The topological polar surface area (TPSA) is 49.4 Å². The fourth-order valence-corrected chi connectivity index (χ4v) is 5.38. The first-order valence-electron chi connectivity index (χ1n) is 10.4. The summed E-state index contributed by atoms with van der Waals surface area (Å²) in [6.07, 6.45) is 0.654. The maximum atomic E-state index is 14.0. The molecular formula is C25H18Cl4F2N2O2. The number of aldehydes is 1. The minimum absolute atomic E-state index is 0.0154. The molecule has 1 amide bonds. The number of hydrogen-bond donors (Lipinski definition) is 1. The number of rotatable bonds is 7. The van der Waals surface area contributed by atoms with Gasteiger partial charge in [-0.15, -0.1) is 0 Å². The highest BCUT2D eigenvalue weighted by atomic mass is 35.5. The lowest BCUT2D eigenvalue weighted by molar-refractivity contribution is -0.112. The second-order valence-electron chi connectivity index (χ2n) is 8.28. The van der Waals surface area contributed by atoms with E-state index in [1.165, 1.54) is 53.4 Å². The molecule has 182 valence electrons. The minimum Gasteiger partial charge on any atom is -0.384 e. The van der Waals surface area contributed by atoms with E-state index in [1.54, 1.807) is 19.2 Å². The van der Waals surface area contributed by atoms with E-state index in [1.807, 2.05) is 0 Å². The van der Waals surface area contributed by atoms with Crippen LogP contribution in [-0.2, 0) is 4.79 Å². The van der Waals surface area contributed by atoms with Gasteiger partial charge < -0.3 is 15.0 Å². The van der Waals surface area contributed by atoms with Gasteiger partial charge in [0.15, 0.2) is 0 Å². The third kappa shape index (κ3) is 4.60. The van der Waals surface area contributed by atoms with Crippen molar-refractivity contribution in [2.45, 2.75) is 10.3 Å². The lowest BCUT2D eigenvalue weighted by Gasteiger charge is -2.19. The molecule has 4 rings (SSSR count). The van der Waals surface area contributed by atoms with Crippen LogP contribution in [0.2, 0.25) is 10.0 Å². The van der Waals surface area contributed by atoms with Crippen molar-refractivity contribution in [2.24, 2.45) is 5.41 Å². The molecule has 2 atom stereocenters. The molecule has 0 bridgehead atoms. The molecule has 0 spiro atoms. The minimum atomic E-state index is -1.48. The summed E-state index contributed by atoms with van der Waals surface area (Å²) in [6.45, 7) is 0.0154. The maximum absolute atomic E-state index is 14.0. The van der Waals surface area contributed by atoms with Crippen molar-refractivity contribution in [3.8, 4) is 0 Å². The number of carbonyl (C=O) groups excluding carboxylic acids is 2. The summed E-state index contributed by atoms with van der Waals surface area (Å²) in [5.41, 5.74) is 0.363. The van der Waals surface area contributed by atoms with Gasteiger partial charge in [0.2, 0.25) is 0 Å². The average molecular weight is 558 g/mol. The molecule has 0 aliphatic heterocycles. The summed E-state index contributed by atoms with van der Waals surface area (Å²) in [5, 5.41) is 3.25. The highest BCUT2D eigenvalue weighted by molar-refractivity contribution is 6.54. The summed E-state index contributed by atoms with van der Waals surface area (Å²) < 4.78 is 25.8. The van der Waals surface area contributed by atoms with Crippen LogP contribution < -0.4 is 10.2 Å². The molecular weight excluding hydrogens is 540 g/mol. The van der Waals surface area contributed by atoms with E-state index in [0.717, 1.165) is 0 Å². The molecule has 0 radical (unpaired) electrons. The highest BCUT2D eigenvalue weighted by Crippen LogP contribution is 2.73. The van der Waals surface area contributed by atoms with Crippen LogP contribution in [0.5, 0.6) is 0 Å². The summed E-state index contributed by atoms with van der Waals surface area (Å²) in [4.78, 5) is 26.5.